The third-order valence-corrected chi connectivity index (χ3v) is 2.52. The van der Waals surface area contributed by atoms with E-state index in [1.165, 1.54) is 7.05 Å². The number of amides is 1. The van der Waals surface area contributed by atoms with Gasteiger partial charge in [-0.05, 0) is 6.07 Å². The Balaban J connectivity index is 2.84. The van der Waals surface area contributed by atoms with Crippen LogP contribution in [0.5, 0.6) is 0 Å². The first-order valence-electron chi connectivity index (χ1n) is 5.31. The molecule has 0 atom stereocenters. The number of carbonyl (C=O) groups excluding carboxylic acids is 1. The summed E-state index contributed by atoms with van der Waals surface area (Å²) in [5.41, 5.74) is -4.74. The Hall–Kier alpha value is -2.33. The number of hydrogen-bond donors (Lipinski definition) is 1. The van der Waals surface area contributed by atoms with E-state index in [1.54, 1.807) is 0 Å². The molecule has 2 heterocycles. The van der Waals surface area contributed by atoms with Gasteiger partial charge in [0.25, 0.3) is 5.91 Å². The van der Waals surface area contributed by atoms with Crippen molar-refractivity contribution in [1.82, 2.24) is 19.9 Å². The van der Waals surface area contributed by atoms with Gasteiger partial charge in [0.1, 0.15) is 11.3 Å². The number of carbonyl (C=O) groups is 1. The van der Waals surface area contributed by atoms with Gasteiger partial charge < -0.3 is 5.32 Å². The second kappa shape index (κ2) is 4.60. The van der Waals surface area contributed by atoms with Gasteiger partial charge in [0.15, 0.2) is 11.3 Å². The summed E-state index contributed by atoms with van der Waals surface area (Å²) in [5.74, 6) is -0.898. The van der Waals surface area contributed by atoms with Crippen molar-refractivity contribution >= 4 is 11.6 Å². The molecule has 1 N–H and O–H groups in total. The summed E-state index contributed by atoms with van der Waals surface area (Å²) in [6.45, 7) is 0. The van der Waals surface area contributed by atoms with Crippen molar-refractivity contribution in [3.05, 3.63) is 29.2 Å². The summed E-state index contributed by atoms with van der Waals surface area (Å²) in [6.07, 6.45) is -9.46. The van der Waals surface area contributed by atoms with Crippen LogP contribution in [0.4, 0.5) is 26.3 Å². The highest BCUT2D eigenvalue weighted by molar-refractivity contribution is 5.99. The van der Waals surface area contributed by atoms with Gasteiger partial charge in [-0.1, -0.05) is 0 Å². The maximum atomic E-state index is 12.8. The Bertz CT molecular complexity index is 702. The van der Waals surface area contributed by atoms with Crippen molar-refractivity contribution in [2.24, 2.45) is 0 Å². The van der Waals surface area contributed by atoms with Gasteiger partial charge in [-0.3, -0.25) is 4.79 Å². The molecule has 0 saturated carbocycles. The van der Waals surface area contributed by atoms with Crippen LogP contribution in [-0.2, 0) is 12.4 Å². The van der Waals surface area contributed by atoms with Crippen molar-refractivity contribution in [2.75, 3.05) is 7.05 Å². The highest BCUT2D eigenvalue weighted by Crippen LogP contribution is 2.35. The molecule has 0 aliphatic heterocycles. The van der Waals surface area contributed by atoms with Crippen molar-refractivity contribution in [3.63, 3.8) is 0 Å². The largest absolute Gasteiger partial charge is 0.433 e. The minimum atomic E-state index is -5.09. The SMILES string of the molecule is CNC(=O)c1cnn2c(C(F)(F)F)cc(C(F)(F)F)nc12. The fraction of sp³-hybridized carbons (Fsp3) is 0.300. The van der Waals surface area contributed by atoms with Crippen LogP contribution in [0.3, 0.4) is 0 Å². The molecule has 0 bridgehead atoms. The Kier molecular flexibility index (Phi) is 3.30. The number of alkyl halides is 6. The molecular weight excluding hydrogens is 306 g/mol. The van der Waals surface area contributed by atoms with Crippen LogP contribution >= 0.6 is 0 Å². The molecule has 0 radical (unpaired) electrons. The Morgan fingerprint density at radius 2 is 1.81 bits per heavy atom. The summed E-state index contributed by atoms with van der Waals surface area (Å²) >= 11 is 0. The van der Waals surface area contributed by atoms with Gasteiger partial charge in [0, 0.05) is 7.05 Å². The van der Waals surface area contributed by atoms with E-state index in [0.717, 1.165) is 6.20 Å². The number of rotatable bonds is 1. The molecule has 0 aliphatic carbocycles. The minimum Gasteiger partial charge on any atom is -0.355 e. The van der Waals surface area contributed by atoms with Gasteiger partial charge in [0.05, 0.1) is 6.20 Å². The third-order valence-electron chi connectivity index (χ3n) is 2.52. The lowest BCUT2D eigenvalue weighted by Gasteiger charge is -2.12. The van der Waals surface area contributed by atoms with E-state index in [0.29, 0.717) is 0 Å². The molecule has 2 aromatic heterocycles. The zero-order valence-corrected chi connectivity index (χ0v) is 10.2. The Morgan fingerprint density at radius 1 is 1.19 bits per heavy atom. The topological polar surface area (TPSA) is 59.3 Å². The molecule has 2 rings (SSSR count). The van der Waals surface area contributed by atoms with Crippen molar-refractivity contribution in [1.29, 1.82) is 0 Å². The third kappa shape index (κ3) is 2.62. The molecule has 0 spiro atoms. The van der Waals surface area contributed by atoms with E-state index in [4.69, 9.17) is 0 Å². The first-order valence-corrected chi connectivity index (χ1v) is 5.31. The predicted molar refractivity (Wildman–Crippen MR) is 56.4 cm³/mol. The number of hydrogen-bond acceptors (Lipinski definition) is 3. The number of aromatic nitrogens is 3. The fourth-order valence-corrected chi connectivity index (χ4v) is 1.60. The molecule has 0 aromatic carbocycles. The predicted octanol–water partition coefficient (Wildman–Crippen LogP) is 2.13. The normalized spacial score (nSPS) is 12.7. The first-order chi connectivity index (χ1) is 9.55. The van der Waals surface area contributed by atoms with Gasteiger partial charge in [0.2, 0.25) is 0 Å². The lowest BCUT2D eigenvalue weighted by atomic mass is 10.2. The number of nitrogens with zero attached hydrogens (tertiary/aromatic N) is 3. The lowest BCUT2D eigenvalue weighted by Crippen LogP contribution is -2.20. The maximum absolute atomic E-state index is 12.8. The standard InChI is InChI=1S/C10H6F6N4O/c1-17-8(21)4-3-18-20-6(10(14,15)16)2-5(9(11,12)13)19-7(4)20/h2-3H,1H3,(H,17,21). The van der Waals surface area contributed by atoms with E-state index >= 15 is 0 Å². The molecule has 1 amide bonds. The summed E-state index contributed by atoms with van der Waals surface area (Å²) < 4.78 is 76.6. The fourth-order valence-electron chi connectivity index (χ4n) is 1.60. The maximum Gasteiger partial charge on any atom is 0.433 e. The monoisotopic (exact) mass is 312 g/mol. The molecule has 0 fully saturated rings. The van der Waals surface area contributed by atoms with E-state index in [-0.39, 0.29) is 10.6 Å². The highest BCUT2D eigenvalue weighted by atomic mass is 19.4. The second-order valence-electron chi connectivity index (χ2n) is 3.89. The van der Waals surface area contributed by atoms with Gasteiger partial charge in [-0.15, -0.1) is 0 Å². The van der Waals surface area contributed by atoms with E-state index in [1.807, 2.05) is 0 Å². The number of halogens is 6. The molecule has 0 unspecified atom stereocenters. The summed E-state index contributed by atoms with van der Waals surface area (Å²) in [6, 6.07) is -0.159. The van der Waals surface area contributed by atoms with Crippen LogP contribution in [0.25, 0.3) is 5.65 Å². The quantitative estimate of drug-likeness (QED) is 0.821. The van der Waals surface area contributed by atoms with Crippen LogP contribution in [0.15, 0.2) is 12.3 Å². The van der Waals surface area contributed by atoms with Gasteiger partial charge in [-0.2, -0.15) is 31.4 Å². The zero-order valence-electron chi connectivity index (χ0n) is 10.2. The first kappa shape index (κ1) is 15.1. The van der Waals surface area contributed by atoms with Crippen molar-refractivity contribution < 1.29 is 31.1 Å². The van der Waals surface area contributed by atoms with Crippen LogP contribution in [0, 0.1) is 0 Å². The van der Waals surface area contributed by atoms with Crippen molar-refractivity contribution in [2.45, 2.75) is 12.4 Å². The van der Waals surface area contributed by atoms with Gasteiger partial charge >= 0.3 is 12.4 Å². The molecule has 0 saturated heterocycles. The number of fused-ring (bicyclic) bond motifs is 1. The molecular formula is C10H6F6N4O. The summed E-state index contributed by atoms with van der Waals surface area (Å²) in [5, 5.41) is 5.36. The van der Waals surface area contributed by atoms with E-state index < -0.39 is 40.9 Å². The van der Waals surface area contributed by atoms with Crippen LogP contribution < -0.4 is 5.32 Å². The van der Waals surface area contributed by atoms with Crippen molar-refractivity contribution in [3.8, 4) is 0 Å². The average Bonchev–Trinajstić information content (AvgIpc) is 2.78. The zero-order chi connectivity index (χ0) is 16.0. The summed E-state index contributed by atoms with van der Waals surface area (Å²) in [7, 11) is 1.17. The van der Waals surface area contributed by atoms with Crippen LogP contribution in [0.2, 0.25) is 0 Å². The smallest absolute Gasteiger partial charge is 0.355 e. The van der Waals surface area contributed by atoms with E-state index in [9.17, 15) is 31.1 Å². The molecule has 2 aromatic rings. The lowest BCUT2D eigenvalue weighted by molar-refractivity contribution is -0.148. The molecule has 5 nitrogen and oxygen atoms in total. The van der Waals surface area contributed by atoms with Crippen LogP contribution in [0.1, 0.15) is 21.7 Å². The Labute approximate surface area is 112 Å². The molecule has 114 valence electrons. The molecule has 11 heteroatoms. The highest BCUT2D eigenvalue weighted by Gasteiger charge is 2.40. The average molecular weight is 312 g/mol. The van der Waals surface area contributed by atoms with Crippen LogP contribution in [-0.4, -0.2) is 27.6 Å². The second-order valence-corrected chi connectivity index (χ2v) is 3.89. The summed E-state index contributed by atoms with van der Waals surface area (Å²) in [4.78, 5) is 14.5. The van der Waals surface area contributed by atoms with Gasteiger partial charge in [-0.25, -0.2) is 9.50 Å². The number of nitrogens with one attached hydrogen (secondary N) is 1. The molecule has 21 heavy (non-hydrogen) atoms. The van der Waals surface area contributed by atoms with E-state index in [2.05, 4.69) is 15.4 Å². The Morgan fingerprint density at radius 3 is 2.29 bits per heavy atom. The molecule has 0 aliphatic rings. The minimum absolute atomic E-state index is 0.153.